The summed E-state index contributed by atoms with van der Waals surface area (Å²) in [7, 11) is 0. The van der Waals surface area contributed by atoms with E-state index in [0.717, 1.165) is 48.6 Å². The second-order valence-electron chi connectivity index (χ2n) is 7.02. The van der Waals surface area contributed by atoms with Gasteiger partial charge in [-0.15, -0.1) is 0 Å². The van der Waals surface area contributed by atoms with E-state index in [2.05, 4.69) is 22.0 Å². The Morgan fingerprint density at radius 2 is 1.62 bits per heavy atom. The minimum absolute atomic E-state index is 0.294. The Bertz CT molecular complexity index is 762. The molecule has 0 saturated heterocycles. The Labute approximate surface area is 164 Å². The lowest BCUT2D eigenvalue weighted by Gasteiger charge is -2.17. The molecule has 3 heteroatoms. The molecule has 0 fully saturated rings. The number of alkyl halides is 1. The molecule has 2 aromatic carbocycles. The van der Waals surface area contributed by atoms with Gasteiger partial charge < -0.3 is 10.2 Å². The minimum Gasteiger partial charge on any atom is -0.508 e. The lowest BCUT2D eigenvalue weighted by Crippen LogP contribution is -1.95. The Morgan fingerprint density at radius 3 is 2.38 bits per heavy atom. The van der Waals surface area contributed by atoms with Gasteiger partial charge in [-0.3, -0.25) is 0 Å². The van der Waals surface area contributed by atoms with Crippen molar-refractivity contribution in [3.05, 3.63) is 59.2 Å². The standard InChI is InChI=1S/C23H27BrO2/c24-16-4-2-1-3-9-21-20(17-12-14-19(25)15-13-17)10-5-7-18-8-6-11-22(26)23(18)21/h6,8,11-15,25-26H,1-5,7,9-10,16H2. The van der Waals surface area contributed by atoms with E-state index < -0.39 is 0 Å². The van der Waals surface area contributed by atoms with Gasteiger partial charge in [0, 0.05) is 10.9 Å². The molecule has 0 aliphatic heterocycles. The van der Waals surface area contributed by atoms with Crippen molar-refractivity contribution in [3.8, 4) is 11.5 Å². The predicted octanol–water partition coefficient (Wildman–Crippen LogP) is 6.69. The van der Waals surface area contributed by atoms with Gasteiger partial charge in [-0.05, 0) is 79.0 Å². The average Bonchev–Trinajstić information content (AvgIpc) is 2.83. The van der Waals surface area contributed by atoms with E-state index in [9.17, 15) is 10.2 Å². The van der Waals surface area contributed by atoms with Crippen molar-refractivity contribution in [2.75, 3.05) is 5.33 Å². The van der Waals surface area contributed by atoms with Crippen molar-refractivity contribution in [1.29, 1.82) is 0 Å². The monoisotopic (exact) mass is 414 g/mol. The SMILES string of the molecule is Oc1ccc(C2=C(CCCCCCBr)c3c(O)cccc3CCC2)cc1. The summed E-state index contributed by atoms with van der Waals surface area (Å²) in [5.74, 6) is 0.693. The number of unbranched alkanes of at least 4 members (excludes halogenated alkanes) is 3. The Morgan fingerprint density at radius 1 is 0.846 bits per heavy atom. The summed E-state index contributed by atoms with van der Waals surface area (Å²) in [6, 6.07) is 13.4. The third-order valence-corrected chi connectivity index (χ3v) is 5.75. The van der Waals surface area contributed by atoms with Crippen LogP contribution in [-0.4, -0.2) is 15.5 Å². The predicted molar refractivity (Wildman–Crippen MR) is 113 cm³/mol. The number of rotatable bonds is 7. The van der Waals surface area contributed by atoms with Crippen molar-refractivity contribution >= 4 is 27.1 Å². The van der Waals surface area contributed by atoms with Gasteiger partial charge in [-0.2, -0.15) is 0 Å². The molecule has 1 aliphatic rings. The van der Waals surface area contributed by atoms with Crippen LogP contribution in [0, 0.1) is 0 Å². The Balaban J connectivity index is 1.99. The molecule has 0 spiro atoms. The molecule has 0 aromatic heterocycles. The normalized spacial score (nSPS) is 14.2. The Hall–Kier alpha value is -1.74. The molecule has 0 amide bonds. The number of aryl methyl sites for hydroxylation is 1. The van der Waals surface area contributed by atoms with E-state index in [1.54, 1.807) is 12.1 Å². The van der Waals surface area contributed by atoms with Crippen molar-refractivity contribution < 1.29 is 10.2 Å². The van der Waals surface area contributed by atoms with Crippen molar-refractivity contribution in [1.82, 2.24) is 0 Å². The molecule has 0 bridgehead atoms. The van der Waals surface area contributed by atoms with Crippen LogP contribution in [0.25, 0.3) is 11.1 Å². The van der Waals surface area contributed by atoms with Crippen molar-refractivity contribution in [2.45, 2.75) is 51.4 Å². The number of benzene rings is 2. The summed E-state index contributed by atoms with van der Waals surface area (Å²) in [5.41, 5.74) is 6.09. The van der Waals surface area contributed by atoms with Crippen LogP contribution in [0.1, 0.15) is 61.6 Å². The number of phenols is 2. The second kappa shape index (κ2) is 9.27. The van der Waals surface area contributed by atoms with Gasteiger partial charge in [0.15, 0.2) is 0 Å². The molecule has 0 atom stereocenters. The van der Waals surface area contributed by atoms with E-state index in [0.29, 0.717) is 11.5 Å². The maximum atomic E-state index is 10.6. The first-order valence-corrected chi connectivity index (χ1v) is 10.7. The summed E-state index contributed by atoms with van der Waals surface area (Å²) in [6.07, 6.45) is 8.88. The third-order valence-electron chi connectivity index (χ3n) is 5.19. The average molecular weight is 415 g/mol. The first-order valence-electron chi connectivity index (χ1n) is 9.59. The number of aromatic hydroxyl groups is 2. The van der Waals surface area contributed by atoms with Gasteiger partial charge in [0.25, 0.3) is 0 Å². The van der Waals surface area contributed by atoms with Gasteiger partial charge in [-0.1, -0.05) is 53.0 Å². The highest BCUT2D eigenvalue weighted by atomic mass is 79.9. The number of hydrogen-bond donors (Lipinski definition) is 2. The summed E-state index contributed by atoms with van der Waals surface area (Å²) in [4.78, 5) is 0. The summed E-state index contributed by atoms with van der Waals surface area (Å²) in [5, 5.41) is 21.3. The van der Waals surface area contributed by atoms with E-state index in [4.69, 9.17) is 0 Å². The van der Waals surface area contributed by atoms with Crippen LogP contribution >= 0.6 is 15.9 Å². The first kappa shape index (κ1) is 19.0. The molecule has 3 rings (SSSR count). The molecule has 0 saturated carbocycles. The van der Waals surface area contributed by atoms with Gasteiger partial charge in [0.2, 0.25) is 0 Å². The number of hydrogen-bond acceptors (Lipinski definition) is 2. The largest absolute Gasteiger partial charge is 0.508 e. The van der Waals surface area contributed by atoms with Crippen LogP contribution in [0.2, 0.25) is 0 Å². The van der Waals surface area contributed by atoms with E-state index in [-0.39, 0.29) is 0 Å². The smallest absolute Gasteiger partial charge is 0.123 e. The maximum absolute atomic E-state index is 10.6. The number of allylic oxidation sites excluding steroid dienone is 2. The van der Waals surface area contributed by atoms with Crippen LogP contribution < -0.4 is 0 Å². The molecule has 0 unspecified atom stereocenters. The van der Waals surface area contributed by atoms with Crippen molar-refractivity contribution in [2.24, 2.45) is 0 Å². The fourth-order valence-corrected chi connectivity index (χ4v) is 4.30. The van der Waals surface area contributed by atoms with E-state index >= 15 is 0 Å². The molecule has 2 N–H and O–H groups in total. The fourth-order valence-electron chi connectivity index (χ4n) is 3.91. The third kappa shape index (κ3) is 4.50. The number of phenolic OH excluding ortho intramolecular Hbond substituents is 2. The quantitative estimate of drug-likeness (QED) is 0.391. The van der Waals surface area contributed by atoms with Gasteiger partial charge >= 0.3 is 0 Å². The Kier molecular flexibility index (Phi) is 6.79. The molecule has 0 radical (unpaired) electrons. The van der Waals surface area contributed by atoms with E-state index in [1.807, 2.05) is 24.3 Å². The van der Waals surface area contributed by atoms with Crippen LogP contribution in [0.15, 0.2) is 42.5 Å². The summed E-state index contributed by atoms with van der Waals surface area (Å²) >= 11 is 3.50. The number of halogens is 1. The second-order valence-corrected chi connectivity index (χ2v) is 7.81. The molecule has 0 heterocycles. The first-order chi connectivity index (χ1) is 12.7. The molecule has 138 valence electrons. The molecule has 2 aromatic rings. The van der Waals surface area contributed by atoms with Gasteiger partial charge in [-0.25, -0.2) is 0 Å². The zero-order chi connectivity index (χ0) is 18.4. The lowest BCUT2D eigenvalue weighted by atomic mass is 9.88. The van der Waals surface area contributed by atoms with Crippen LogP contribution in [0.4, 0.5) is 0 Å². The molecule has 26 heavy (non-hydrogen) atoms. The fraction of sp³-hybridized carbons (Fsp3) is 0.391. The van der Waals surface area contributed by atoms with Gasteiger partial charge in [0.05, 0.1) is 0 Å². The van der Waals surface area contributed by atoms with Crippen LogP contribution in [-0.2, 0) is 6.42 Å². The summed E-state index contributed by atoms with van der Waals surface area (Å²) < 4.78 is 0. The highest BCUT2D eigenvalue weighted by Crippen LogP contribution is 2.42. The lowest BCUT2D eigenvalue weighted by molar-refractivity contribution is 0.472. The van der Waals surface area contributed by atoms with Crippen molar-refractivity contribution in [3.63, 3.8) is 0 Å². The molecule has 1 aliphatic carbocycles. The van der Waals surface area contributed by atoms with Gasteiger partial charge in [0.1, 0.15) is 11.5 Å². The zero-order valence-electron chi connectivity index (χ0n) is 15.2. The molecule has 2 nitrogen and oxygen atoms in total. The van der Waals surface area contributed by atoms with Crippen LogP contribution in [0.5, 0.6) is 11.5 Å². The molecular formula is C23H27BrO2. The maximum Gasteiger partial charge on any atom is 0.123 e. The number of fused-ring (bicyclic) bond motifs is 1. The highest BCUT2D eigenvalue weighted by Gasteiger charge is 2.21. The molecular weight excluding hydrogens is 388 g/mol. The van der Waals surface area contributed by atoms with Crippen LogP contribution in [0.3, 0.4) is 0 Å². The summed E-state index contributed by atoms with van der Waals surface area (Å²) in [6.45, 7) is 0. The van der Waals surface area contributed by atoms with E-state index in [1.165, 1.54) is 36.0 Å². The topological polar surface area (TPSA) is 40.5 Å². The minimum atomic E-state index is 0.294. The highest BCUT2D eigenvalue weighted by molar-refractivity contribution is 9.09. The zero-order valence-corrected chi connectivity index (χ0v) is 16.8.